The van der Waals surface area contributed by atoms with Gasteiger partial charge in [-0.2, -0.15) is 0 Å². The summed E-state index contributed by atoms with van der Waals surface area (Å²) in [5.74, 6) is 0.244. The van der Waals surface area contributed by atoms with Crippen LogP contribution in [0.3, 0.4) is 0 Å². The molecular formula is C24H31BrN2O3. The Kier molecular flexibility index (Phi) is 8.07. The van der Waals surface area contributed by atoms with Gasteiger partial charge in [-0.15, -0.1) is 0 Å². The van der Waals surface area contributed by atoms with E-state index in [4.69, 9.17) is 4.74 Å². The molecule has 0 aliphatic rings. The lowest BCUT2D eigenvalue weighted by molar-refractivity contribution is -0.142. The van der Waals surface area contributed by atoms with Crippen LogP contribution in [0.4, 0.5) is 0 Å². The van der Waals surface area contributed by atoms with E-state index in [1.807, 2.05) is 77.1 Å². The Bertz CT molecular complexity index is 888. The van der Waals surface area contributed by atoms with Crippen molar-refractivity contribution in [1.29, 1.82) is 0 Å². The molecule has 0 fully saturated rings. The maximum absolute atomic E-state index is 13.1. The number of ether oxygens (including phenoxy) is 1. The van der Waals surface area contributed by atoms with Crippen LogP contribution in [-0.2, 0) is 16.1 Å². The van der Waals surface area contributed by atoms with Crippen LogP contribution in [0.2, 0.25) is 0 Å². The smallest absolute Gasteiger partial charge is 0.261 e. The van der Waals surface area contributed by atoms with E-state index in [2.05, 4.69) is 21.2 Å². The minimum atomic E-state index is -0.637. The van der Waals surface area contributed by atoms with Crippen LogP contribution in [0.15, 0.2) is 46.9 Å². The van der Waals surface area contributed by atoms with Crippen molar-refractivity contribution in [3.05, 3.63) is 63.6 Å². The summed E-state index contributed by atoms with van der Waals surface area (Å²) < 4.78 is 6.78. The second-order valence-corrected chi connectivity index (χ2v) is 9.47. The molecule has 1 atom stereocenters. The van der Waals surface area contributed by atoms with Crippen molar-refractivity contribution in [2.24, 2.45) is 0 Å². The van der Waals surface area contributed by atoms with E-state index < -0.39 is 6.04 Å². The van der Waals surface area contributed by atoms with E-state index in [9.17, 15) is 9.59 Å². The second-order valence-electron chi connectivity index (χ2n) is 8.55. The zero-order chi connectivity index (χ0) is 22.5. The lowest BCUT2D eigenvalue weighted by Gasteiger charge is -2.31. The molecule has 5 nitrogen and oxygen atoms in total. The molecule has 0 saturated carbocycles. The van der Waals surface area contributed by atoms with E-state index in [1.54, 1.807) is 11.8 Å². The van der Waals surface area contributed by atoms with Gasteiger partial charge in [0.2, 0.25) is 5.91 Å². The number of hydrogen-bond donors (Lipinski definition) is 1. The molecule has 0 aliphatic carbocycles. The highest BCUT2D eigenvalue weighted by Gasteiger charge is 2.28. The number of amides is 2. The topological polar surface area (TPSA) is 58.6 Å². The lowest BCUT2D eigenvalue weighted by Crippen LogP contribution is -2.53. The number of nitrogens with zero attached hydrogens (tertiary/aromatic N) is 1. The Morgan fingerprint density at radius 1 is 1.10 bits per heavy atom. The first-order valence-electron chi connectivity index (χ1n) is 10.0. The average Bonchev–Trinajstić information content (AvgIpc) is 2.66. The quantitative estimate of drug-likeness (QED) is 0.628. The van der Waals surface area contributed by atoms with Crippen molar-refractivity contribution in [3.8, 4) is 5.75 Å². The highest BCUT2D eigenvalue weighted by Crippen LogP contribution is 2.21. The SMILES string of the molecule is Cc1cccc(OCC(=O)N(Cc2ccc(Br)cc2)[C@@H](C)C(=O)NC(C)(C)C)c1C. The molecule has 0 aromatic heterocycles. The van der Waals surface area contributed by atoms with E-state index in [0.29, 0.717) is 12.3 Å². The number of carbonyl (C=O) groups excluding carboxylic acids is 2. The van der Waals surface area contributed by atoms with Crippen LogP contribution >= 0.6 is 15.9 Å². The van der Waals surface area contributed by atoms with Crippen LogP contribution in [-0.4, -0.2) is 34.9 Å². The van der Waals surface area contributed by atoms with Crippen LogP contribution in [0.25, 0.3) is 0 Å². The molecule has 0 saturated heterocycles. The summed E-state index contributed by atoms with van der Waals surface area (Å²) in [6, 6.07) is 12.8. The van der Waals surface area contributed by atoms with E-state index in [0.717, 1.165) is 21.2 Å². The third kappa shape index (κ3) is 6.87. The first-order chi connectivity index (χ1) is 14.0. The highest BCUT2D eigenvalue weighted by atomic mass is 79.9. The lowest BCUT2D eigenvalue weighted by atomic mass is 10.1. The maximum atomic E-state index is 13.1. The number of benzene rings is 2. The Morgan fingerprint density at radius 3 is 2.33 bits per heavy atom. The fraction of sp³-hybridized carbons (Fsp3) is 0.417. The first kappa shape index (κ1) is 23.9. The number of hydrogen-bond acceptors (Lipinski definition) is 3. The van der Waals surface area contributed by atoms with Gasteiger partial charge < -0.3 is 15.0 Å². The maximum Gasteiger partial charge on any atom is 0.261 e. The standard InChI is InChI=1S/C24H31BrN2O3/c1-16-8-7-9-21(17(16)2)30-15-22(28)27(14-19-10-12-20(25)13-11-19)18(3)23(29)26-24(4,5)6/h7-13,18H,14-15H2,1-6H3,(H,26,29)/t18-/m0/s1. The van der Waals surface area contributed by atoms with Gasteiger partial charge in [0, 0.05) is 16.6 Å². The van der Waals surface area contributed by atoms with Gasteiger partial charge in [0.1, 0.15) is 11.8 Å². The van der Waals surface area contributed by atoms with Crippen molar-refractivity contribution in [2.45, 2.75) is 59.7 Å². The fourth-order valence-corrected chi connectivity index (χ4v) is 3.21. The van der Waals surface area contributed by atoms with Gasteiger partial charge in [0.05, 0.1) is 0 Å². The van der Waals surface area contributed by atoms with Gasteiger partial charge in [-0.3, -0.25) is 9.59 Å². The molecule has 0 heterocycles. The molecule has 0 radical (unpaired) electrons. The zero-order valence-electron chi connectivity index (χ0n) is 18.6. The fourth-order valence-electron chi connectivity index (χ4n) is 2.95. The minimum absolute atomic E-state index is 0.131. The van der Waals surface area contributed by atoms with Crippen LogP contribution in [0, 0.1) is 13.8 Å². The van der Waals surface area contributed by atoms with Crippen molar-refractivity contribution in [3.63, 3.8) is 0 Å². The highest BCUT2D eigenvalue weighted by molar-refractivity contribution is 9.10. The van der Waals surface area contributed by atoms with Gasteiger partial charge in [0.15, 0.2) is 6.61 Å². The predicted octanol–water partition coefficient (Wildman–Crippen LogP) is 4.78. The van der Waals surface area contributed by atoms with E-state index >= 15 is 0 Å². The zero-order valence-corrected chi connectivity index (χ0v) is 20.2. The molecule has 2 amide bonds. The Labute approximate surface area is 187 Å². The largest absolute Gasteiger partial charge is 0.483 e. The van der Waals surface area contributed by atoms with Crippen molar-refractivity contribution >= 4 is 27.7 Å². The Morgan fingerprint density at radius 2 is 1.73 bits per heavy atom. The van der Waals surface area contributed by atoms with E-state index in [1.165, 1.54) is 0 Å². The molecule has 0 bridgehead atoms. The Balaban J connectivity index is 2.20. The molecule has 0 aliphatic heterocycles. The van der Waals surface area contributed by atoms with Crippen LogP contribution < -0.4 is 10.1 Å². The second kappa shape index (κ2) is 10.1. The van der Waals surface area contributed by atoms with Crippen molar-refractivity contribution in [1.82, 2.24) is 10.2 Å². The number of aryl methyl sites for hydroxylation is 1. The number of carbonyl (C=O) groups is 2. The summed E-state index contributed by atoms with van der Waals surface area (Å²) in [4.78, 5) is 27.4. The van der Waals surface area contributed by atoms with Crippen molar-refractivity contribution in [2.75, 3.05) is 6.61 Å². The number of halogens is 1. The van der Waals surface area contributed by atoms with Crippen molar-refractivity contribution < 1.29 is 14.3 Å². The normalized spacial score (nSPS) is 12.2. The van der Waals surface area contributed by atoms with Gasteiger partial charge in [0.25, 0.3) is 5.91 Å². The molecule has 2 aromatic rings. The van der Waals surface area contributed by atoms with Gasteiger partial charge >= 0.3 is 0 Å². The van der Waals surface area contributed by atoms with Gasteiger partial charge in [-0.05, 0) is 76.4 Å². The van der Waals surface area contributed by atoms with Gasteiger partial charge in [-0.1, -0.05) is 40.2 Å². The molecule has 2 aromatic carbocycles. The molecular weight excluding hydrogens is 444 g/mol. The summed E-state index contributed by atoms with van der Waals surface area (Å²) in [5, 5.41) is 2.96. The molecule has 6 heteroatoms. The number of rotatable bonds is 7. The average molecular weight is 475 g/mol. The monoisotopic (exact) mass is 474 g/mol. The van der Waals surface area contributed by atoms with Crippen LogP contribution in [0.1, 0.15) is 44.4 Å². The Hall–Kier alpha value is -2.34. The molecule has 30 heavy (non-hydrogen) atoms. The summed E-state index contributed by atoms with van der Waals surface area (Å²) in [6.07, 6.45) is 0. The van der Waals surface area contributed by atoms with E-state index in [-0.39, 0.29) is 24.0 Å². The molecule has 162 valence electrons. The summed E-state index contributed by atoms with van der Waals surface area (Å²) >= 11 is 3.42. The first-order valence-corrected chi connectivity index (χ1v) is 10.8. The summed E-state index contributed by atoms with van der Waals surface area (Å²) in [5.41, 5.74) is 2.66. The van der Waals surface area contributed by atoms with Crippen LogP contribution in [0.5, 0.6) is 5.75 Å². The minimum Gasteiger partial charge on any atom is -0.483 e. The molecule has 0 spiro atoms. The molecule has 2 rings (SSSR count). The summed E-state index contributed by atoms with van der Waals surface area (Å²) in [7, 11) is 0. The van der Waals surface area contributed by atoms with Gasteiger partial charge in [-0.25, -0.2) is 0 Å². The predicted molar refractivity (Wildman–Crippen MR) is 123 cm³/mol. The summed E-state index contributed by atoms with van der Waals surface area (Å²) in [6.45, 7) is 11.7. The molecule has 1 N–H and O–H groups in total. The number of nitrogens with one attached hydrogen (secondary N) is 1. The third-order valence-corrected chi connectivity index (χ3v) is 5.37. The third-order valence-electron chi connectivity index (χ3n) is 4.84. The molecule has 0 unspecified atom stereocenters.